The van der Waals surface area contributed by atoms with Crippen LogP contribution in [0.5, 0.6) is 5.75 Å². The van der Waals surface area contributed by atoms with Crippen molar-refractivity contribution < 1.29 is 23.9 Å². The van der Waals surface area contributed by atoms with Crippen molar-refractivity contribution in [3.8, 4) is 5.75 Å². The highest BCUT2D eigenvalue weighted by atomic mass is 35.5. The van der Waals surface area contributed by atoms with Crippen molar-refractivity contribution in [2.45, 2.75) is 38.7 Å². The van der Waals surface area contributed by atoms with E-state index < -0.39 is 23.9 Å². The van der Waals surface area contributed by atoms with Crippen molar-refractivity contribution in [2.24, 2.45) is 0 Å². The number of carbonyl (C=O) groups is 3. The molecule has 2 aromatic rings. The van der Waals surface area contributed by atoms with E-state index in [2.05, 4.69) is 16.2 Å². The van der Waals surface area contributed by atoms with E-state index in [-0.39, 0.29) is 35.3 Å². The Kier molecular flexibility index (Phi) is 11.6. The number of halogens is 2. The van der Waals surface area contributed by atoms with Gasteiger partial charge in [0, 0.05) is 11.4 Å². The maximum absolute atomic E-state index is 12.1. The number of hydrogen-bond acceptors (Lipinski definition) is 6. The van der Waals surface area contributed by atoms with Gasteiger partial charge in [0.05, 0.1) is 18.1 Å². The van der Waals surface area contributed by atoms with Gasteiger partial charge in [-0.1, -0.05) is 53.5 Å². The molecule has 0 fully saturated rings. The molecule has 1 unspecified atom stereocenters. The highest BCUT2D eigenvalue weighted by molar-refractivity contribution is 7.80. The van der Waals surface area contributed by atoms with Crippen molar-refractivity contribution >= 4 is 58.3 Å². The number of ether oxygens (including phenoxy) is 2. The predicted molar refractivity (Wildman–Crippen MR) is 134 cm³/mol. The van der Waals surface area contributed by atoms with Crippen LogP contribution in [-0.4, -0.2) is 35.6 Å². The summed E-state index contributed by atoms with van der Waals surface area (Å²) in [5, 5.41) is 2.93. The van der Waals surface area contributed by atoms with E-state index in [1.54, 1.807) is 12.1 Å². The number of hydrogen-bond donors (Lipinski definition) is 3. The van der Waals surface area contributed by atoms with Crippen molar-refractivity contribution in [1.29, 1.82) is 0 Å². The number of aryl methyl sites for hydroxylation is 1. The minimum Gasteiger partial charge on any atom is -0.479 e. The van der Waals surface area contributed by atoms with E-state index >= 15 is 0 Å². The molecule has 182 valence electrons. The van der Waals surface area contributed by atoms with Crippen LogP contribution in [0.1, 0.15) is 31.7 Å². The molecule has 34 heavy (non-hydrogen) atoms. The van der Waals surface area contributed by atoms with Gasteiger partial charge in [-0.2, -0.15) is 0 Å². The SMILES string of the molecule is CC(Oc1ccc(Cl)cc1Cl)C(=O)NNC(=S)NC(=O)CCC(=O)OCCCc1ccccc1. The van der Waals surface area contributed by atoms with Crippen LogP contribution < -0.4 is 20.9 Å². The molecule has 8 nitrogen and oxygen atoms in total. The topological polar surface area (TPSA) is 106 Å². The summed E-state index contributed by atoms with van der Waals surface area (Å²) < 4.78 is 10.6. The molecule has 2 aromatic carbocycles. The van der Waals surface area contributed by atoms with Gasteiger partial charge in [0.1, 0.15) is 5.75 Å². The fourth-order valence-corrected chi connectivity index (χ4v) is 3.27. The van der Waals surface area contributed by atoms with Gasteiger partial charge >= 0.3 is 5.97 Å². The number of rotatable bonds is 10. The molecule has 0 spiro atoms. The summed E-state index contributed by atoms with van der Waals surface area (Å²) in [6, 6.07) is 14.5. The molecule has 1 atom stereocenters. The Bertz CT molecular complexity index is 1010. The maximum atomic E-state index is 12.1. The summed E-state index contributed by atoms with van der Waals surface area (Å²) in [7, 11) is 0. The maximum Gasteiger partial charge on any atom is 0.306 e. The van der Waals surface area contributed by atoms with Crippen LogP contribution in [0.2, 0.25) is 10.0 Å². The lowest BCUT2D eigenvalue weighted by molar-refractivity contribution is -0.145. The molecule has 0 aliphatic heterocycles. The lowest BCUT2D eigenvalue weighted by Crippen LogP contribution is -2.51. The summed E-state index contributed by atoms with van der Waals surface area (Å²) in [5.74, 6) is -1.23. The quantitative estimate of drug-likeness (QED) is 0.188. The third-order valence-electron chi connectivity index (χ3n) is 4.39. The van der Waals surface area contributed by atoms with E-state index in [0.717, 1.165) is 6.42 Å². The largest absolute Gasteiger partial charge is 0.479 e. The first-order valence-electron chi connectivity index (χ1n) is 10.5. The van der Waals surface area contributed by atoms with Crippen LogP contribution in [0.15, 0.2) is 48.5 Å². The Morgan fingerprint density at radius 3 is 2.47 bits per heavy atom. The van der Waals surface area contributed by atoms with Crippen molar-refractivity contribution in [2.75, 3.05) is 6.61 Å². The molecule has 0 saturated carbocycles. The lowest BCUT2D eigenvalue weighted by atomic mass is 10.1. The monoisotopic (exact) mass is 525 g/mol. The van der Waals surface area contributed by atoms with E-state index in [0.29, 0.717) is 11.4 Å². The zero-order valence-corrected chi connectivity index (χ0v) is 20.8. The van der Waals surface area contributed by atoms with Crippen LogP contribution >= 0.6 is 35.4 Å². The molecule has 2 rings (SSSR count). The van der Waals surface area contributed by atoms with Gasteiger partial charge < -0.3 is 14.8 Å². The van der Waals surface area contributed by atoms with Crippen molar-refractivity contribution in [3.63, 3.8) is 0 Å². The van der Waals surface area contributed by atoms with Crippen LogP contribution in [-0.2, 0) is 25.5 Å². The molecule has 0 bridgehead atoms. The first-order chi connectivity index (χ1) is 16.2. The van der Waals surface area contributed by atoms with Crippen molar-refractivity contribution in [3.05, 3.63) is 64.1 Å². The Balaban J connectivity index is 1.59. The van der Waals surface area contributed by atoms with E-state index in [1.165, 1.54) is 18.6 Å². The average molecular weight is 526 g/mol. The highest BCUT2D eigenvalue weighted by Crippen LogP contribution is 2.28. The van der Waals surface area contributed by atoms with Gasteiger partial charge in [-0.05, 0) is 55.7 Å². The van der Waals surface area contributed by atoms with E-state index in [1.807, 2.05) is 30.3 Å². The van der Waals surface area contributed by atoms with E-state index in [9.17, 15) is 14.4 Å². The number of thiocarbonyl (C=S) groups is 1. The molecular formula is C23H25Cl2N3O5S. The third kappa shape index (κ3) is 10.4. The Morgan fingerprint density at radius 2 is 1.76 bits per heavy atom. The summed E-state index contributed by atoms with van der Waals surface area (Å²) in [4.78, 5) is 35.9. The fourth-order valence-electron chi connectivity index (χ4n) is 2.65. The molecule has 0 radical (unpaired) electrons. The minimum absolute atomic E-state index is 0.0845. The number of benzene rings is 2. The molecule has 0 saturated heterocycles. The first-order valence-corrected chi connectivity index (χ1v) is 11.6. The van der Waals surface area contributed by atoms with Crippen LogP contribution in [0.4, 0.5) is 0 Å². The van der Waals surface area contributed by atoms with Gasteiger partial charge in [-0.15, -0.1) is 0 Å². The molecule has 0 aliphatic rings. The summed E-state index contributed by atoms with van der Waals surface area (Å²) in [6.07, 6.45) is 0.390. The standard InChI is InChI=1S/C23H25Cl2N3O5S/c1-15(33-19-10-9-17(24)14-18(19)25)22(31)27-28-23(34)26-20(29)11-12-21(30)32-13-5-8-16-6-3-2-4-7-16/h2-4,6-7,9-10,14-15H,5,8,11-13H2,1H3,(H,27,31)(H2,26,28,29,34). The zero-order valence-electron chi connectivity index (χ0n) is 18.4. The second-order valence-corrected chi connectivity index (χ2v) is 8.39. The fraction of sp³-hybridized carbons (Fsp3) is 0.304. The molecule has 2 amide bonds. The second-order valence-electron chi connectivity index (χ2n) is 7.14. The van der Waals surface area contributed by atoms with Gasteiger partial charge in [0.2, 0.25) is 5.91 Å². The Hall–Kier alpha value is -2.88. The number of amides is 2. The van der Waals surface area contributed by atoms with Gasteiger partial charge in [0.15, 0.2) is 11.2 Å². The Labute approximate surface area is 213 Å². The molecule has 0 heterocycles. The second kappa shape index (κ2) is 14.4. The first kappa shape index (κ1) is 27.4. The molecule has 11 heteroatoms. The number of carbonyl (C=O) groups excluding carboxylic acids is 3. The predicted octanol–water partition coefficient (Wildman–Crippen LogP) is 3.74. The molecular weight excluding hydrogens is 501 g/mol. The molecule has 3 N–H and O–H groups in total. The summed E-state index contributed by atoms with van der Waals surface area (Å²) >= 11 is 16.8. The van der Waals surface area contributed by atoms with Crippen molar-refractivity contribution in [1.82, 2.24) is 16.2 Å². The minimum atomic E-state index is -0.915. The van der Waals surface area contributed by atoms with Gasteiger partial charge in [0.25, 0.3) is 5.91 Å². The van der Waals surface area contributed by atoms with Crippen LogP contribution in [0.25, 0.3) is 0 Å². The van der Waals surface area contributed by atoms with Gasteiger partial charge in [-0.3, -0.25) is 25.2 Å². The highest BCUT2D eigenvalue weighted by Gasteiger charge is 2.17. The summed E-state index contributed by atoms with van der Waals surface area (Å²) in [6.45, 7) is 1.79. The summed E-state index contributed by atoms with van der Waals surface area (Å²) in [5.41, 5.74) is 5.89. The van der Waals surface area contributed by atoms with Crippen LogP contribution in [0, 0.1) is 0 Å². The normalized spacial score (nSPS) is 11.1. The number of esters is 1. The average Bonchev–Trinajstić information content (AvgIpc) is 2.81. The smallest absolute Gasteiger partial charge is 0.306 e. The molecule has 0 aromatic heterocycles. The van der Waals surface area contributed by atoms with E-state index in [4.69, 9.17) is 44.9 Å². The lowest BCUT2D eigenvalue weighted by Gasteiger charge is -2.17. The number of nitrogens with one attached hydrogen (secondary N) is 3. The third-order valence-corrected chi connectivity index (χ3v) is 5.13. The Morgan fingerprint density at radius 1 is 1.03 bits per heavy atom. The molecule has 0 aliphatic carbocycles. The zero-order chi connectivity index (χ0) is 24.9. The van der Waals surface area contributed by atoms with Crippen LogP contribution in [0.3, 0.4) is 0 Å². The van der Waals surface area contributed by atoms with Gasteiger partial charge in [-0.25, -0.2) is 0 Å². The number of hydrazine groups is 1.